The van der Waals surface area contributed by atoms with Gasteiger partial charge in [-0.05, 0) is 31.2 Å². The summed E-state index contributed by atoms with van der Waals surface area (Å²) in [6.45, 7) is 5.11. The third kappa shape index (κ3) is 4.74. The van der Waals surface area contributed by atoms with E-state index in [-0.39, 0.29) is 30.2 Å². The molecule has 1 heterocycles. The van der Waals surface area contributed by atoms with Gasteiger partial charge in [0.1, 0.15) is 5.75 Å². The van der Waals surface area contributed by atoms with Gasteiger partial charge in [0, 0.05) is 12.2 Å². The van der Waals surface area contributed by atoms with Crippen LogP contribution in [0.5, 0.6) is 5.75 Å². The van der Waals surface area contributed by atoms with E-state index in [1.54, 1.807) is 18.2 Å². The topological polar surface area (TPSA) is 58.6 Å². The Balaban J connectivity index is 1.92. The molecule has 0 bridgehead atoms. The smallest absolute Gasteiger partial charge is 0.224 e. The molecule has 1 fully saturated rings. The van der Waals surface area contributed by atoms with Gasteiger partial charge >= 0.3 is 0 Å². The van der Waals surface area contributed by atoms with Crippen LogP contribution in [0.2, 0.25) is 0 Å². The maximum Gasteiger partial charge on any atom is 0.224 e. The van der Waals surface area contributed by atoms with Crippen molar-refractivity contribution in [2.24, 2.45) is 5.92 Å². The molecular formula is C17H25NO3. The first-order valence-corrected chi connectivity index (χ1v) is 7.74. The second-order valence-corrected chi connectivity index (χ2v) is 6.16. The molecule has 0 radical (unpaired) electrons. The summed E-state index contributed by atoms with van der Waals surface area (Å²) in [5, 5.41) is 12.8. The number of rotatable bonds is 5. The lowest BCUT2D eigenvalue weighted by atomic mass is 9.94. The average Bonchev–Trinajstić information content (AvgIpc) is 2.43. The number of nitrogens with one attached hydrogen (secondary N) is 1. The van der Waals surface area contributed by atoms with Crippen molar-refractivity contribution in [2.75, 3.05) is 6.61 Å². The number of hydrogen-bond donors (Lipinski definition) is 2. The highest BCUT2D eigenvalue weighted by Crippen LogP contribution is 2.21. The van der Waals surface area contributed by atoms with E-state index in [9.17, 15) is 9.90 Å². The van der Waals surface area contributed by atoms with Gasteiger partial charge in [0.15, 0.2) is 0 Å². The van der Waals surface area contributed by atoms with E-state index in [2.05, 4.69) is 19.2 Å². The minimum Gasteiger partial charge on any atom is -0.508 e. The lowest BCUT2D eigenvalue weighted by Crippen LogP contribution is -2.48. The van der Waals surface area contributed by atoms with Crippen LogP contribution in [0, 0.1) is 5.92 Å². The largest absolute Gasteiger partial charge is 0.508 e. The maximum atomic E-state index is 12.2. The fraction of sp³-hybridized carbons (Fsp3) is 0.588. The Bertz CT molecular complexity index is 473. The molecule has 1 aliphatic heterocycles. The van der Waals surface area contributed by atoms with Crippen LogP contribution in [-0.4, -0.2) is 29.8 Å². The van der Waals surface area contributed by atoms with Crippen LogP contribution in [0.1, 0.15) is 38.7 Å². The van der Waals surface area contributed by atoms with Crippen molar-refractivity contribution in [1.82, 2.24) is 5.32 Å². The Morgan fingerprint density at radius 2 is 2.19 bits per heavy atom. The van der Waals surface area contributed by atoms with Crippen LogP contribution in [0.3, 0.4) is 0 Å². The van der Waals surface area contributed by atoms with Gasteiger partial charge in [-0.15, -0.1) is 0 Å². The number of phenolic OH excluding ortho intramolecular Hbond substituents is 1. The number of phenols is 1. The minimum atomic E-state index is -0.0549. The second kappa shape index (κ2) is 7.46. The highest BCUT2D eigenvalue weighted by molar-refractivity contribution is 5.79. The van der Waals surface area contributed by atoms with Gasteiger partial charge in [0.05, 0.1) is 18.6 Å². The Kier molecular flexibility index (Phi) is 5.62. The summed E-state index contributed by atoms with van der Waals surface area (Å²) in [5.74, 6) is 0.665. The normalized spacial score (nSPS) is 22.2. The highest BCUT2D eigenvalue weighted by Gasteiger charge is 2.27. The standard InChI is InChI=1S/C17H25NO3/c1-12(2)10-16-14(7-5-9-21-16)18-17(20)11-13-6-3-4-8-15(13)19/h3-4,6,8,12,14,16,19H,5,7,9-11H2,1-2H3,(H,18,20)/t14-,16+/m0/s1. The van der Waals surface area contributed by atoms with Crippen LogP contribution in [0.15, 0.2) is 24.3 Å². The first-order valence-electron chi connectivity index (χ1n) is 7.74. The van der Waals surface area contributed by atoms with Crippen LogP contribution < -0.4 is 5.32 Å². The average molecular weight is 291 g/mol. The van der Waals surface area contributed by atoms with Gasteiger partial charge in [0.2, 0.25) is 5.91 Å². The molecule has 1 aromatic carbocycles. The van der Waals surface area contributed by atoms with Crippen molar-refractivity contribution in [3.8, 4) is 5.75 Å². The summed E-state index contributed by atoms with van der Waals surface area (Å²) >= 11 is 0. The lowest BCUT2D eigenvalue weighted by molar-refractivity contribution is -0.123. The highest BCUT2D eigenvalue weighted by atomic mass is 16.5. The van der Waals surface area contributed by atoms with Crippen molar-refractivity contribution in [2.45, 2.75) is 51.7 Å². The predicted molar refractivity (Wildman–Crippen MR) is 82.2 cm³/mol. The molecule has 1 aromatic rings. The first kappa shape index (κ1) is 15.8. The van der Waals surface area contributed by atoms with Crippen LogP contribution in [0.25, 0.3) is 0 Å². The molecule has 4 heteroatoms. The van der Waals surface area contributed by atoms with Crippen molar-refractivity contribution in [3.05, 3.63) is 29.8 Å². The molecule has 1 amide bonds. The third-order valence-corrected chi connectivity index (χ3v) is 3.83. The number of ether oxygens (including phenoxy) is 1. The van der Waals surface area contributed by atoms with E-state index in [1.807, 2.05) is 6.07 Å². The van der Waals surface area contributed by atoms with Crippen LogP contribution >= 0.6 is 0 Å². The quantitative estimate of drug-likeness (QED) is 0.877. The number of hydrogen-bond acceptors (Lipinski definition) is 3. The number of benzene rings is 1. The van der Waals surface area contributed by atoms with E-state index >= 15 is 0 Å². The van der Waals surface area contributed by atoms with Crippen molar-refractivity contribution < 1.29 is 14.6 Å². The van der Waals surface area contributed by atoms with Gasteiger partial charge in [-0.1, -0.05) is 32.0 Å². The van der Waals surface area contributed by atoms with Gasteiger partial charge < -0.3 is 15.2 Å². The molecule has 0 aliphatic carbocycles. The SMILES string of the molecule is CC(C)C[C@H]1OCCC[C@@H]1NC(=O)Cc1ccccc1O. The van der Waals surface area contributed by atoms with Crippen molar-refractivity contribution >= 4 is 5.91 Å². The first-order chi connectivity index (χ1) is 10.1. The summed E-state index contributed by atoms with van der Waals surface area (Å²) in [6.07, 6.45) is 3.21. The van der Waals surface area contributed by atoms with Crippen molar-refractivity contribution in [1.29, 1.82) is 0 Å². The molecule has 0 saturated carbocycles. The van der Waals surface area contributed by atoms with E-state index in [0.717, 1.165) is 25.9 Å². The molecule has 0 unspecified atom stereocenters. The Morgan fingerprint density at radius 1 is 1.43 bits per heavy atom. The molecule has 21 heavy (non-hydrogen) atoms. The monoisotopic (exact) mass is 291 g/mol. The fourth-order valence-electron chi connectivity index (χ4n) is 2.79. The second-order valence-electron chi connectivity index (χ2n) is 6.16. The molecule has 1 saturated heterocycles. The van der Waals surface area contributed by atoms with E-state index in [0.29, 0.717) is 11.5 Å². The van der Waals surface area contributed by atoms with Gasteiger partial charge in [0.25, 0.3) is 0 Å². The Morgan fingerprint density at radius 3 is 2.90 bits per heavy atom. The van der Waals surface area contributed by atoms with Crippen molar-refractivity contribution in [3.63, 3.8) is 0 Å². The van der Waals surface area contributed by atoms with Gasteiger partial charge in [-0.3, -0.25) is 4.79 Å². The van der Waals surface area contributed by atoms with E-state index in [4.69, 9.17) is 4.74 Å². The van der Waals surface area contributed by atoms with Crippen LogP contribution in [0.4, 0.5) is 0 Å². The summed E-state index contributed by atoms with van der Waals surface area (Å²) < 4.78 is 5.81. The molecule has 2 atom stereocenters. The predicted octanol–water partition coefficient (Wildman–Crippen LogP) is 2.64. The molecule has 0 spiro atoms. The molecule has 0 aromatic heterocycles. The number of aromatic hydroxyl groups is 1. The zero-order valence-electron chi connectivity index (χ0n) is 12.8. The number of amides is 1. The summed E-state index contributed by atoms with van der Waals surface area (Å²) in [6, 6.07) is 7.04. The third-order valence-electron chi connectivity index (χ3n) is 3.83. The molecule has 2 rings (SSSR count). The van der Waals surface area contributed by atoms with Gasteiger partial charge in [-0.2, -0.15) is 0 Å². The van der Waals surface area contributed by atoms with E-state index in [1.165, 1.54) is 0 Å². The Hall–Kier alpha value is -1.55. The maximum absolute atomic E-state index is 12.2. The summed E-state index contributed by atoms with van der Waals surface area (Å²) in [4.78, 5) is 12.2. The summed E-state index contributed by atoms with van der Waals surface area (Å²) in [7, 11) is 0. The zero-order chi connectivity index (χ0) is 15.2. The number of para-hydroxylation sites is 1. The molecule has 4 nitrogen and oxygen atoms in total. The number of carbonyl (C=O) groups is 1. The van der Waals surface area contributed by atoms with Crippen LogP contribution in [-0.2, 0) is 16.0 Å². The minimum absolute atomic E-state index is 0.0549. The molecular weight excluding hydrogens is 266 g/mol. The zero-order valence-corrected chi connectivity index (χ0v) is 12.8. The van der Waals surface area contributed by atoms with Gasteiger partial charge in [-0.25, -0.2) is 0 Å². The molecule has 116 valence electrons. The van der Waals surface area contributed by atoms with E-state index < -0.39 is 0 Å². The molecule has 1 aliphatic rings. The lowest BCUT2D eigenvalue weighted by Gasteiger charge is -2.33. The Labute approximate surface area is 126 Å². The fourth-order valence-corrected chi connectivity index (χ4v) is 2.79. The molecule has 2 N–H and O–H groups in total. The summed E-state index contributed by atoms with van der Waals surface area (Å²) in [5.41, 5.74) is 0.659. The number of carbonyl (C=O) groups excluding carboxylic acids is 1.